The van der Waals surface area contributed by atoms with E-state index in [1.165, 1.54) is 25.7 Å². The van der Waals surface area contributed by atoms with Gasteiger partial charge in [-0.3, -0.25) is 4.79 Å². The summed E-state index contributed by atoms with van der Waals surface area (Å²) in [6.07, 6.45) is 8.63. The minimum atomic E-state index is -2.91. The second-order valence-electron chi connectivity index (χ2n) is 5.47. The molecule has 1 amide bonds. The molecule has 0 bridgehead atoms. The fourth-order valence-corrected chi connectivity index (χ4v) is 2.65. The van der Waals surface area contributed by atoms with Gasteiger partial charge in [0.1, 0.15) is 0 Å². The fourth-order valence-electron chi connectivity index (χ4n) is 2.65. The Morgan fingerprint density at radius 1 is 1.26 bits per heavy atom. The molecule has 0 unspecified atom stereocenters. The van der Waals surface area contributed by atoms with E-state index >= 15 is 0 Å². The highest BCUT2D eigenvalue weighted by Crippen LogP contribution is 2.29. The van der Waals surface area contributed by atoms with Gasteiger partial charge in [0.05, 0.1) is 7.11 Å². The predicted octanol–water partition coefficient (Wildman–Crippen LogP) is 3.76. The van der Waals surface area contributed by atoms with Crippen LogP contribution in [0.5, 0.6) is 11.5 Å². The van der Waals surface area contributed by atoms with Gasteiger partial charge in [0, 0.05) is 12.1 Å². The van der Waals surface area contributed by atoms with Crippen molar-refractivity contribution < 1.29 is 23.0 Å². The van der Waals surface area contributed by atoms with Gasteiger partial charge in [0.2, 0.25) is 5.91 Å². The normalized spacial score (nSPS) is 15.8. The first-order chi connectivity index (χ1) is 11.1. The highest BCUT2D eigenvalue weighted by atomic mass is 19.3. The maximum Gasteiger partial charge on any atom is 0.387 e. The van der Waals surface area contributed by atoms with Crippen LogP contribution in [-0.2, 0) is 4.79 Å². The van der Waals surface area contributed by atoms with Crippen LogP contribution < -0.4 is 14.8 Å². The second-order valence-corrected chi connectivity index (χ2v) is 5.47. The number of benzene rings is 1. The molecule has 1 fully saturated rings. The summed E-state index contributed by atoms with van der Waals surface area (Å²) in [7, 11) is 1.37. The zero-order valence-electron chi connectivity index (χ0n) is 13.1. The SMILES string of the molecule is COc1cc(/C=C/C(=O)NC2CCCCC2)ccc1OC(F)F. The summed E-state index contributed by atoms with van der Waals surface area (Å²) >= 11 is 0. The molecule has 0 heterocycles. The lowest BCUT2D eigenvalue weighted by atomic mass is 9.95. The maximum atomic E-state index is 12.3. The van der Waals surface area contributed by atoms with E-state index in [0.717, 1.165) is 25.7 Å². The summed E-state index contributed by atoms with van der Waals surface area (Å²) in [6, 6.07) is 4.77. The number of amides is 1. The van der Waals surface area contributed by atoms with Gasteiger partial charge in [-0.15, -0.1) is 0 Å². The molecule has 1 aliphatic rings. The standard InChI is InChI=1S/C17H21F2NO3/c1-22-15-11-12(7-9-14(15)23-17(18)19)8-10-16(21)20-13-5-3-2-4-6-13/h7-11,13,17H,2-6H2,1H3,(H,20,21)/b10-8+. The molecule has 2 rings (SSSR count). The van der Waals surface area contributed by atoms with Gasteiger partial charge in [-0.1, -0.05) is 25.3 Å². The zero-order chi connectivity index (χ0) is 16.7. The van der Waals surface area contributed by atoms with Gasteiger partial charge in [-0.05, 0) is 36.6 Å². The van der Waals surface area contributed by atoms with Crippen molar-refractivity contribution >= 4 is 12.0 Å². The Balaban J connectivity index is 1.96. The molecule has 4 nitrogen and oxygen atoms in total. The molecule has 126 valence electrons. The lowest BCUT2D eigenvalue weighted by molar-refractivity contribution is -0.117. The predicted molar refractivity (Wildman–Crippen MR) is 83.7 cm³/mol. The van der Waals surface area contributed by atoms with E-state index in [1.807, 2.05) is 0 Å². The minimum absolute atomic E-state index is 0.0358. The van der Waals surface area contributed by atoms with Crippen LogP contribution in [0.15, 0.2) is 24.3 Å². The molecule has 1 saturated carbocycles. The third-order valence-electron chi connectivity index (χ3n) is 3.78. The van der Waals surface area contributed by atoms with Crippen LogP contribution in [0, 0.1) is 0 Å². The fraction of sp³-hybridized carbons (Fsp3) is 0.471. The number of halogens is 2. The Hall–Kier alpha value is -2.11. The van der Waals surface area contributed by atoms with Crippen LogP contribution >= 0.6 is 0 Å². The third-order valence-corrected chi connectivity index (χ3v) is 3.78. The van der Waals surface area contributed by atoms with E-state index in [0.29, 0.717) is 5.56 Å². The van der Waals surface area contributed by atoms with Crippen molar-refractivity contribution in [2.45, 2.75) is 44.8 Å². The maximum absolute atomic E-state index is 12.3. The molecule has 0 spiro atoms. The quantitative estimate of drug-likeness (QED) is 0.810. The van der Waals surface area contributed by atoms with E-state index < -0.39 is 6.61 Å². The van der Waals surface area contributed by atoms with Crippen molar-refractivity contribution in [1.82, 2.24) is 5.32 Å². The number of rotatable bonds is 6. The first-order valence-corrected chi connectivity index (χ1v) is 7.70. The number of methoxy groups -OCH3 is 1. The molecule has 1 aromatic rings. The van der Waals surface area contributed by atoms with Crippen molar-refractivity contribution in [2.75, 3.05) is 7.11 Å². The number of carbonyl (C=O) groups is 1. The van der Waals surface area contributed by atoms with Crippen LogP contribution in [0.2, 0.25) is 0 Å². The van der Waals surface area contributed by atoms with Crippen molar-refractivity contribution in [1.29, 1.82) is 0 Å². The molecule has 0 aliphatic heterocycles. The Labute approximate surface area is 134 Å². The molecule has 6 heteroatoms. The van der Waals surface area contributed by atoms with Gasteiger partial charge in [-0.25, -0.2) is 0 Å². The molecule has 0 atom stereocenters. The topological polar surface area (TPSA) is 47.6 Å². The number of carbonyl (C=O) groups excluding carboxylic acids is 1. The van der Waals surface area contributed by atoms with Gasteiger partial charge in [-0.2, -0.15) is 8.78 Å². The first kappa shape index (κ1) is 17.2. The Kier molecular flexibility index (Phi) is 6.38. The summed E-state index contributed by atoms with van der Waals surface area (Å²) in [5.74, 6) is 0.00946. The molecule has 1 N–H and O–H groups in total. The van der Waals surface area contributed by atoms with Crippen LogP contribution in [-0.4, -0.2) is 25.7 Å². The number of alkyl halides is 2. The van der Waals surface area contributed by atoms with E-state index in [1.54, 1.807) is 18.2 Å². The van der Waals surface area contributed by atoms with E-state index in [-0.39, 0.29) is 23.4 Å². The molecule has 0 aromatic heterocycles. The summed E-state index contributed by atoms with van der Waals surface area (Å²) in [6.45, 7) is -2.91. The Bertz CT molecular complexity index is 555. The molecule has 0 radical (unpaired) electrons. The van der Waals surface area contributed by atoms with Gasteiger partial charge in [0.15, 0.2) is 11.5 Å². The monoisotopic (exact) mass is 325 g/mol. The van der Waals surface area contributed by atoms with Crippen LogP contribution in [0.1, 0.15) is 37.7 Å². The molecule has 0 saturated heterocycles. The summed E-state index contributed by atoms with van der Waals surface area (Å²) < 4.78 is 33.9. The van der Waals surface area contributed by atoms with Crippen molar-refractivity contribution in [3.8, 4) is 11.5 Å². The molecular weight excluding hydrogens is 304 g/mol. The number of nitrogens with one attached hydrogen (secondary N) is 1. The number of hydrogen-bond acceptors (Lipinski definition) is 3. The highest BCUT2D eigenvalue weighted by molar-refractivity contribution is 5.92. The molecule has 23 heavy (non-hydrogen) atoms. The second kappa shape index (κ2) is 8.50. The highest BCUT2D eigenvalue weighted by Gasteiger charge is 2.14. The summed E-state index contributed by atoms with van der Waals surface area (Å²) in [4.78, 5) is 11.9. The summed E-state index contributed by atoms with van der Waals surface area (Å²) in [5, 5.41) is 2.97. The van der Waals surface area contributed by atoms with Crippen molar-refractivity contribution in [2.24, 2.45) is 0 Å². The Morgan fingerprint density at radius 2 is 2.00 bits per heavy atom. The third kappa shape index (κ3) is 5.54. The molecule has 1 aromatic carbocycles. The lowest BCUT2D eigenvalue weighted by Crippen LogP contribution is -2.34. The van der Waals surface area contributed by atoms with Gasteiger partial charge in [0.25, 0.3) is 0 Å². The first-order valence-electron chi connectivity index (χ1n) is 7.70. The number of ether oxygens (including phenoxy) is 2. The van der Waals surface area contributed by atoms with Crippen LogP contribution in [0.25, 0.3) is 6.08 Å². The zero-order valence-corrected chi connectivity index (χ0v) is 13.1. The largest absolute Gasteiger partial charge is 0.493 e. The Morgan fingerprint density at radius 3 is 2.65 bits per heavy atom. The van der Waals surface area contributed by atoms with Crippen LogP contribution in [0.3, 0.4) is 0 Å². The molecular formula is C17H21F2NO3. The minimum Gasteiger partial charge on any atom is -0.493 e. The summed E-state index contributed by atoms with van der Waals surface area (Å²) in [5.41, 5.74) is 0.669. The van der Waals surface area contributed by atoms with Crippen molar-refractivity contribution in [3.05, 3.63) is 29.8 Å². The smallest absolute Gasteiger partial charge is 0.387 e. The van der Waals surface area contributed by atoms with Crippen LogP contribution in [0.4, 0.5) is 8.78 Å². The average Bonchev–Trinajstić information content (AvgIpc) is 2.54. The lowest BCUT2D eigenvalue weighted by Gasteiger charge is -2.21. The van der Waals surface area contributed by atoms with Gasteiger partial charge < -0.3 is 14.8 Å². The van der Waals surface area contributed by atoms with E-state index in [2.05, 4.69) is 10.1 Å². The van der Waals surface area contributed by atoms with Crippen molar-refractivity contribution in [3.63, 3.8) is 0 Å². The number of hydrogen-bond donors (Lipinski definition) is 1. The van der Waals surface area contributed by atoms with Gasteiger partial charge >= 0.3 is 6.61 Å². The van der Waals surface area contributed by atoms with E-state index in [4.69, 9.17) is 4.74 Å². The average molecular weight is 325 g/mol. The van der Waals surface area contributed by atoms with E-state index in [9.17, 15) is 13.6 Å². The molecule has 1 aliphatic carbocycles.